The smallest absolute Gasteiger partial charge is 0.156 e. The standard InChI is InChI=1S/C20H27F2N3O/c1-20(2)10-9-14(6-5-13-7-8-15(21)11-16(13)22)17(18(20)26-4)19-23-12-25(3)24-19/h7-8,11-12,14,17-18H,5-6,9-10H2,1-4H3/t14-,17+,18-/m1/s1. The maximum Gasteiger partial charge on any atom is 0.156 e. The van der Waals surface area contributed by atoms with Gasteiger partial charge >= 0.3 is 0 Å². The summed E-state index contributed by atoms with van der Waals surface area (Å²) < 4.78 is 34.7. The Morgan fingerprint density at radius 3 is 2.69 bits per heavy atom. The van der Waals surface area contributed by atoms with Gasteiger partial charge in [-0.3, -0.25) is 4.68 Å². The molecule has 3 atom stereocenters. The third-order valence-electron chi connectivity index (χ3n) is 5.73. The van der Waals surface area contributed by atoms with Crippen molar-refractivity contribution in [3.63, 3.8) is 0 Å². The second-order valence-corrected chi connectivity index (χ2v) is 8.02. The van der Waals surface area contributed by atoms with Crippen molar-refractivity contribution in [2.45, 2.75) is 51.6 Å². The number of aryl methyl sites for hydroxylation is 2. The van der Waals surface area contributed by atoms with Crippen molar-refractivity contribution in [1.82, 2.24) is 14.8 Å². The average Bonchev–Trinajstić information content (AvgIpc) is 3.00. The van der Waals surface area contributed by atoms with Gasteiger partial charge in [0, 0.05) is 20.2 Å². The van der Waals surface area contributed by atoms with Gasteiger partial charge in [-0.2, -0.15) is 5.10 Å². The Morgan fingerprint density at radius 1 is 1.31 bits per heavy atom. The monoisotopic (exact) mass is 363 g/mol. The molecule has 1 aliphatic rings. The number of aromatic nitrogens is 3. The van der Waals surface area contributed by atoms with Crippen LogP contribution in [0.2, 0.25) is 0 Å². The highest BCUT2D eigenvalue weighted by Gasteiger charge is 2.46. The van der Waals surface area contributed by atoms with Crippen LogP contribution in [0.4, 0.5) is 8.78 Å². The van der Waals surface area contributed by atoms with Crippen LogP contribution in [0.1, 0.15) is 50.4 Å². The van der Waals surface area contributed by atoms with Gasteiger partial charge in [-0.05, 0) is 48.6 Å². The molecule has 1 fully saturated rings. The number of halogens is 2. The van der Waals surface area contributed by atoms with E-state index in [4.69, 9.17) is 4.74 Å². The van der Waals surface area contributed by atoms with Gasteiger partial charge in [-0.1, -0.05) is 19.9 Å². The zero-order valence-corrected chi connectivity index (χ0v) is 15.9. The van der Waals surface area contributed by atoms with Crippen LogP contribution >= 0.6 is 0 Å². The first-order valence-electron chi connectivity index (χ1n) is 9.14. The maximum atomic E-state index is 14.0. The van der Waals surface area contributed by atoms with Crippen molar-refractivity contribution in [2.75, 3.05) is 7.11 Å². The van der Waals surface area contributed by atoms with Crippen molar-refractivity contribution in [2.24, 2.45) is 18.4 Å². The third-order valence-corrected chi connectivity index (χ3v) is 5.73. The van der Waals surface area contributed by atoms with E-state index >= 15 is 0 Å². The van der Waals surface area contributed by atoms with Gasteiger partial charge in [-0.15, -0.1) is 0 Å². The lowest BCUT2D eigenvalue weighted by Gasteiger charge is -2.46. The zero-order valence-electron chi connectivity index (χ0n) is 15.9. The molecule has 1 heterocycles. The average molecular weight is 363 g/mol. The Kier molecular flexibility index (Phi) is 5.42. The van der Waals surface area contributed by atoms with Crippen LogP contribution in [0.3, 0.4) is 0 Å². The summed E-state index contributed by atoms with van der Waals surface area (Å²) in [5, 5.41) is 4.53. The van der Waals surface area contributed by atoms with E-state index in [2.05, 4.69) is 23.9 Å². The van der Waals surface area contributed by atoms with Crippen molar-refractivity contribution in [3.8, 4) is 0 Å². The molecule has 4 nitrogen and oxygen atoms in total. The fourth-order valence-corrected chi connectivity index (χ4v) is 4.32. The van der Waals surface area contributed by atoms with E-state index in [-0.39, 0.29) is 17.4 Å². The van der Waals surface area contributed by atoms with Gasteiger partial charge in [-0.25, -0.2) is 13.8 Å². The lowest BCUT2D eigenvalue weighted by atomic mass is 9.63. The van der Waals surface area contributed by atoms with E-state index in [0.29, 0.717) is 17.9 Å². The van der Waals surface area contributed by atoms with Gasteiger partial charge < -0.3 is 4.74 Å². The second kappa shape index (κ2) is 7.43. The van der Waals surface area contributed by atoms with Crippen LogP contribution in [0.15, 0.2) is 24.5 Å². The lowest BCUT2D eigenvalue weighted by Crippen LogP contribution is -2.44. The molecular formula is C20H27F2N3O. The first-order chi connectivity index (χ1) is 12.3. The molecule has 0 radical (unpaired) electrons. The molecule has 0 N–H and O–H groups in total. The summed E-state index contributed by atoms with van der Waals surface area (Å²) in [4.78, 5) is 4.49. The molecule has 0 amide bonds. The Balaban J connectivity index is 1.83. The number of hydrogen-bond donors (Lipinski definition) is 0. The van der Waals surface area contributed by atoms with Crippen molar-refractivity contribution in [3.05, 3.63) is 47.5 Å². The molecule has 3 rings (SSSR count). The molecule has 2 aromatic rings. The molecule has 1 aromatic heterocycles. The Labute approximate surface area is 153 Å². The van der Waals surface area contributed by atoms with Gasteiger partial charge in [0.25, 0.3) is 0 Å². The number of benzene rings is 1. The summed E-state index contributed by atoms with van der Waals surface area (Å²) >= 11 is 0. The van der Waals surface area contributed by atoms with E-state index in [0.717, 1.165) is 31.2 Å². The Bertz CT molecular complexity index is 759. The number of nitrogens with zero attached hydrogens (tertiary/aromatic N) is 3. The minimum absolute atomic E-state index is 0.00159. The topological polar surface area (TPSA) is 39.9 Å². The highest BCUT2D eigenvalue weighted by molar-refractivity contribution is 5.19. The van der Waals surface area contributed by atoms with Crippen LogP contribution < -0.4 is 0 Å². The van der Waals surface area contributed by atoms with Gasteiger partial charge in [0.2, 0.25) is 0 Å². The van der Waals surface area contributed by atoms with Crippen molar-refractivity contribution < 1.29 is 13.5 Å². The van der Waals surface area contributed by atoms with Gasteiger partial charge in [0.05, 0.1) is 12.0 Å². The molecule has 0 bridgehead atoms. The van der Waals surface area contributed by atoms with Crippen LogP contribution in [0.25, 0.3) is 0 Å². The van der Waals surface area contributed by atoms with Crippen LogP contribution in [0, 0.1) is 23.0 Å². The first kappa shape index (κ1) is 19.0. The summed E-state index contributed by atoms with van der Waals surface area (Å²) in [6.07, 6.45) is 5.12. The molecule has 0 saturated heterocycles. The lowest BCUT2D eigenvalue weighted by molar-refractivity contribution is -0.0615. The SMILES string of the molecule is CO[C@@H]1[C@@H](c2ncn(C)n2)[C@H](CCc2ccc(F)cc2F)CCC1(C)C. The molecule has 0 aliphatic heterocycles. The van der Waals surface area contributed by atoms with E-state index in [1.54, 1.807) is 24.2 Å². The fraction of sp³-hybridized carbons (Fsp3) is 0.600. The summed E-state index contributed by atoms with van der Waals surface area (Å²) in [5.41, 5.74) is 0.578. The highest BCUT2D eigenvalue weighted by atomic mass is 19.1. The van der Waals surface area contributed by atoms with E-state index < -0.39 is 11.6 Å². The molecular weight excluding hydrogens is 336 g/mol. The summed E-state index contributed by atoms with van der Waals surface area (Å²) in [6.45, 7) is 4.43. The zero-order chi connectivity index (χ0) is 18.9. The summed E-state index contributed by atoms with van der Waals surface area (Å²) in [7, 11) is 3.60. The van der Waals surface area contributed by atoms with E-state index in [9.17, 15) is 8.78 Å². The molecule has 1 saturated carbocycles. The van der Waals surface area contributed by atoms with Crippen LogP contribution in [-0.2, 0) is 18.2 Å². The number of rotatable bonds is 5. The summed E-state index contributed by atoms with van der Waals surface area (Å²) in [6, 6.07) is 3.81. The molecule has 0 unspecified atom stereocenters. The fourth-order valence-electron chi connectivity index (χ4n) is 4.32. The molecule has 1 aromatic carbocycles. The highest BCUT2D eigenvalue weighted by Crippen LogP contribution is 2.48. The Hall–Kier alpha value is -1.82. The summed E-state index contributed by atoms with van der Waals surface area (Å²) in [5.74, 6) is 0.127. The Morgan fingerprint density at radius 2 is 2.08 bits per heavy atom. The molecule has 26 heavy (non-hydrogen) atoms. The maximum absolute atomic E-state index is 14.0. The number of ether oxygens (including phenoxy) is 1. The predicted molar refractivity (Wildman–Crippen MR) is 95.7 cm³/mol. The van der Waals surface area contributed by atoms with Gasteiger partial charge in [0.1, 0.15) is 18.0 Å². The van der Waals surface area contributed by atoms with Gasteiger partial charge in [0.15, 0.2) is 5.82 Å². The van der Waals surface area contributed by atoms with Crippen LogP contribution in [0.5, 0.6) is 0 Å². The largest absolute Gasteiger partial charge is 0.380 e. The minimum atomic E-state index is -0.541. The quantitative estimate of drug-likeness (QED) is 0.797. The molecule has 142 valence electrons. The van der Waals surface area contributed by atoms with Crippen LogP contribution in [-0.4, -0.2) is 28.0 Å². The number of hydrogen-bond acceptors (Lipinski definition) is 3. The normalized spacial score (nSPS) is 25.4. The molecule has 6 heteroatoms. The first-order valence-corrected chi connectivity index (χ1v) is 9.14. The van der Waals surface area contributed by atoms with Crippen molar-refractivity contribution in [1.29, 1.82) is 0 Å². The second-order valence-electron chi connectivity index (χ2n) is 8.02. The van der Waals surface area contributed by atoms with E-state index in [1.807, 2.05) is 7.05 Å². The predicted octanol–water partition coefficient (Wildman–Crippen LogP) is 4.26. The third kappa shape index (κ3) is 3.80. The van der Waals surface area contributed by atoms with E-state index in [1.165, 1.54) is 6.07 Å². The molecule has 0 spiro atoms. The van der Waals surface area contributed by atoms with Crippen molar-refractivity contribution >= 4 is 0 Å². The minimum Gasteiger partial charge on any atom is -0.380 e. The number of methoxy groups -OCH3 is 1. The molecule has 1 aliphatic carbocycles.